The molecule has 2 N–H and O–H groups in total. The van der Waals surface area contributed by atoms with Crippen molar-refractivity contribution in [3.63, 3.8) is 0 Å². The zero-order valence-corrected chi connectivity index (χ0v) is 17.7. The zero-order valence-electron chi connectivity index (χ0n) is 15.3. The number of carbonyl (C=O) groups is 1. The van der Waals surface area contributed by atoms with Gasteiger partial charge in [-0.25, -0.2) is 0 Å². The molecule has 5 nitrogen and oxygen atoms in total. The molecule has 0 unspecified atom stereocenters. The molecule has 1 aliphatic rings. The fraction of sp³-hybridized carbons (Fsp3) is 0.0952. The van der Waals surface area contributed by atoms with Crippen molar-refractivity contribution in [2.45, 2.75) is 13.3 Å². The van der Waals surface area contributed by atoms with E-state index in [1.807, 2.05) is 18.2 Å². The molecule has 0 aliphatic carbocycles. The average Bonchev–Trinajstić information content (AvgIpc) is 3.24. The van der Waals surface area contributed by atoms with Crippen molar-refractivity contribution in [2.75, 3.05) is 5.43 Å². The third kappa shape index (κ3) is 3.76. The third-order valence-electron chi connectivity index (χ3n) is 4.56. The average molecular weight is 442 g/mol. The fourth-order valence-corrected chi connectivity index (χ4v) is 4.37. The number of aliphatic imine (C=N–C) groups is 1. The standard InChI is InChI=1S/C21H16ClN3O2S2/c1-2-12-4-3-5-16-14(11-23-18(12)16)10-17-20(27)25(21(28)29-17)24-19(26)13-6-8-15(22)9-7-13/h3-11,27H,2H2,1H3,(H,24,26). The first-order chi connectivity index (χ1) is 14.0. The van der Waals surface area contributed by atoms with Crippen LogP contribution in [0.3, 0.4) is 0 Å². The number of hydrogen-bond acceptors (Lipinski definition) is 5. The van der Waals surface area contributed by atoms with E-state index in [1.165, 1.54) is 21.6 Å². The number of aryl methyl sites for hydroxylation is 1. The van der Waals surface area contributed by atoms with E-state index in [2.05, 4.69) is 23.4 Å². The van der Waals surface area contributed by atoms with E-state index in [1.54, 1.807) is 30.5 Å². The number of aromatic hydroxyl groups is 1. The highest BCUT2D eigenvalue weighted by Gasteiger charge is 2.18. The Morgan fingerprint density at radius 1 is 1.31 bits per heavy atom. The Morgan fingerprint density at radius 2 is 2.07 bits per heavy atom. The van der Waals surface area contributed by atoms with Gasteiger partial charge in [0.15, 0.2) is 3.95 Å². The molecule has 0 bridgehead atoms. The van der Waals surface area contributed by atoms with Crippen molar-refractivity contribution in [3.05, 3.63) is 73.0 Å². The Kier molecular flexibility index (Phi) is 5.36. The van der Waals surface area contributed by atoms with Crippen LogP contribution in [0.15, 0.2) is 47.5 Å². The van der Waals surface area contributed by atoms with Crippen molar-refractivity contribution in [3.8, 4) is 5.88 Å². The number of allylic oxidation sites excluding steroid dienone is 1. The second-order valence-corrected chi connectivity index (χ2v) is 8.48. The second-order valence-electron chi connectivity index (χ2n) is 6.36. The molecule has 1 amide bonds. The molecule has 29 heavy (non-hydrogen) atoms. The Morgan fingerprint density at radius 3 is 2.79 bits per heavy atom. The third-order valence-corrected chi connectivity index (χ3v) is 6.12. The van der Waals surface area contributed by atoms with Gasteiger partial charge < -0.3 is 5.11 Å². The molecule has 2 aromatic carbocycles. The summed E-state index contributed by atoms with van der Waals surface area (Å²) in [6.45, 7) is 2.09. The molecule has 2 heterocycles. The quantitative estimate of drug-likeness (QED) is 0.500. The lowest BCUT2D eigenvalue weighted by Gasteiger charge is -2.07. The van der Waals surface area contributed by atoms with E-state index in [0.717, 1.165) is 23.2 Å². The maximum Gasteiger partial charge on any atom is 0.270 e. The second kappa shape index (κ2) is 7.94. The van der Waals surface area contributed by atoms with E-state index in [0.29, 0.717) is 19.4 Å². The first-order valence-corrected chi connectivity index (χ1v) is 10.5. The van der Waals surface area contributed by atoms with Gasteiger partial charge in [0.2, 0.25) is 5.88 Å². The van der Waals surface area contributed by atoms with Crippen molar-refractivity contribution < 1.29 is 9.90 Å². The minimum atomic E-state index is -0.398. The molecule has 1 aliphatic heterocycles. The van der Waals surface area contributed by atoms with Crippen molar-refractivity contribution in [1.29, 1.82) is 0 Å². The van der Waals surface area contributed by atoms with E-state index in [-0.39, 0.29) is 5.88 Å². The molecule has 146 valence electrons. The largest absolute Gasteiger partial charge is 0.492 e. The van der Waals surface area contributed by atoms with Crippen molar-refractivity contribution >= 4 is 64.6 Å². The number of nitrogens with one attached hydrogen (secondary N) is 1. The number of hydrogen-bond donors (Lipinski definition) is 2. The molecule has 1 aromatic heterocycles. The Hall–Kier alpha value is -2.74. The van der Waals surface area contributed by atoms with Gasteiger partial charge in [-0.05, 0) is 54.5 Å². The predicted molar refractivity (Wildman–Crippen MR) is 122 cm³/mol. The maximum absolute atomic E-state index is 12.5. The van der Waals surface area contributed by atoms with Crippen LogP contribution in [0.2, 0.25) is 5.02 Å². The summed E-state index contributed by atoms with van der Waals surface area (Å²) in [5.41, 5.74) is 7.06. The number of halogens is 1. The molecule has 0 saturated carbocycles. The van der Waals surface area contributed by atoms with Crippen LogP contribution < -0.4 is 5.43 Å². The summed E-state index contributed by atoms with van der Waals surface area (Å²) in [7, 11) is 0. The number of thiazole rings is 1. The molecular formula is C21H16ClN3O2S2. The molecule has 0 saturated heterocycles. The van der Waals surface area contributed by atoms with Crippen LogP contribution in [0.4, 0.5) is 5.69 Å². The highest BCUT2D eigenvalue weighted by atomic mass is 35.5. The SMILES string of the molecule is CCc1cccc2c1N=CC2=Cc1sc(=S)n(NC(=O)c2ccc(Cl)cc2)c1O. The number of nitrogens with zero attached hydrogens (tertiary/aromatic N) is 2. The summed E-state index contributed by atoms with van der Waals surface area (Å²) >= 11 is 12.4. The minimum absolute atomic E-state index is 0.122. The fourth-order valence-electron chi connectivity index (χ4n) is 3.06. The van der Waals surface area contributed by atoms with Gasteiger partial charge in [-0.1, -0.05) is 48.1 Å². The molecule has 4 rings (SSSR count). The number of para-hydroxylation sites is 1. The molecule has 0 atom stereocenters. The van der Waals surface area contributed by atoms with Gasteiger partial charge in [-0.3, -0.25) is 15.2 Å². The Balaban J connectivity index is 1.65. The van der Waals surface area contributed by atoms with E-state index in [9.17, 15) is 9.90 Å². The maximum atomic E-state index is 12.5. The van der Waals surface area contributed by atoms with Crippen molar-refractivity contribution in [1.82, 2.24) is 4.68 Å². The molecular weight excluding hydrogens is 426 g/mol. The number of carbonyl (C=O) groups excluding carboxylic acids is 1. The van der Waals surface area contributed by atoms with Gasteiger partial charge in [-0.2, -0.15) is 4.68 Å². The van der Waals surface area contributed by atoms with Crippen LogP contribution in [0.25, 0.3) is 11.6 Å². The van der Waals surface area contributed by atoms with Gasteiger partial charge in [0.25, 0.3) is 5.91 Å². The summed E-state index contributed by atoms with van der Waals surface area (Å²) in [5.74, 6) is -0.520. The smallest absolute Gasteiger partial charge is 0.270 e. The topological polar surface area (TPSA) is 66.6 Å². The Bertz CT molecular complexity index is 1220. The first kappa shape index (κ1) is 19.6. The van der Waals surface area contributed by atoms with Crippen LogP contribution in [0.1, 0.15) is 33.3 Å². The molecule has 0 fully saturated rings. The van der Waals surface area contributed by atoms with Gasteiger partial charge in [0.1, 0.15) is 0 Å². The molecule has 0 radical (unpaired) electrons. The highest BCUT2D eigenvalue weighted by molar-refractivity contribution is 7.73. The summed E-state index contributed by atoms with van der Waals surface area (Å²) in [6.07, 6.45) is 4.50. The highest BCUT2D eigenvalue weighted by Crippen LogP contribution is 2.37. The normalized spacial score (nSPS) is 13.7. The summed E-state index contributed by atoms with van der Waals surface area (Å²) in [4.78, 5) is 17.5. The monoisotopic (exact) mass is 441 g/mol. The number of fused-ring (bicyclic) bond motifs is 1. The van der Waals surface area contributed by atoms with E-state index < -0.39 is 5.91 Å². The minimum Gasteiger partial charge on any atom is -0.492 e. The number of rotatable bonds is 4. The number of amides is 1. The number of aromatic nitrogens is 1. The molecule has 8 heteroatoms. The lowest BCUT2D eigenvalue weighted by atomic mass is 10.0. The van der Waals surface area contributed by atoms with Crippen LogP contribution >= 0.6 is 35.2 Å². The molecule has 0 spiro atoms. The van der Waals surface area contributed by atoms with Gasteiger partial charge in [0, 0.05) is 27.9 Å². The van der Waals surface area contributed by atoms with Crippen LogP contribution in [0.5, 0.6) is 5.88 Å². The van der Waals surface area contributed by atoms with Gasteiger partial charge in [0.05, 0.1) is 10.6 Å². The lowest BCUT2D eigenvalue weighted by Crippen LogP contribution is -2.22. The van der Waals surface area contributed by atoms with Crippen LogP contribution in [-0.2, 0) is 6.42 Å². The van der Waals surface area contributed by atoms with E-state index in [4.69, 9.17) is 23.8 Å². The first-order valence-electron chi connectivity index (χ1n) is 8.87. The number of benzene rings is 2. The van der Waals surface area contributed by atoms with Gasteiger partial charge >= 0.3 is 0 Å². The lowest BCUT2D eigenvalue weighted by molar-refractivity contribution is 0.101. The summed E-state index contributed by atoms with van der Waals surface area (Å²) in [6, 6.07) is 12.5. The molecule has 3 aromatic rings. The summed E-state index contributed by atoms with van der Waals surface area (Å²) < 4.78 is 1.54. The predicted octanol–water partition coefficient (Wildman–Crippen LogP) is 5.84. The van der Waals surface area contributed by atoms with Gasteiger partial charge in [-0.15, -0.1) is 0 Å². The van der Waals surface area contributed by atoms with E-state index >= 15 is 0 Å². The Labute approximate surface area is 181 Å². The zero-order chi connectivity index (χ0) is 20.5. The summed E-state index contributed by atoms with van der Waals surface area (Å²) in [5, 5.41) is 11.2. The van der Waals surface area contributed by atoms with Crippen LogP contribution in [-0.4, -0.2) is 21.9 Å². The van der Waals surface area contributed by atoms with Crippen LogP contribution in [0, 0.1) is 3.95 Å². The van der Waals surface area contributed by atoms with Crippen molar-refractivity contribution in [2.24, 2.45) is 4.99 Å².